The third-order valence-corrected chi connectivity index (χ3v) is 6.29. The number of carbonyl (C=O) groups is 2. The van der Waals surface area contributed by atoms with E-state index in [0.717, 1.165) is 69.8 Å². The summed E-state index contributed by atoms with van der Waals surface area (Å²) in [6.45, 7) is 5.40. The molecule has 2 fully saturated rings. The number of likely N-dealkylation sites (tertiary alicyclic amines) is 1. The van der Waals surface area contributed by atoms with Crippen LogP contribution in [-0.4, -0.2) is 79.6 Å². The molecule has 1 aromatic rings. The lowest BCUT2D eigenvalue weighted by Gasteiger charge is -2.34. The van der Waals surface area contributed by atoms with E-state index < -0.39 is 0 Å². The van der Waals surface area contributed by atoms with Gasteiger partial charge in [-0.3, -0.25) is 9.59 Å². The lowest BCUT2D eigenvalue weighted by atomic mass is 9.92. The zero-order chi connectivity index (χ0) is 20.2. The predicted octanol–water partition coefficient (Wildman–Crippen LogP) is 1.75. The van der Waals surface area contributed by atoms with Crippen molar-refractivity contribution in [3.8, 4) is 11.5 Å². The SMILES string of the molecule is CN1CCN(C(=O)CC[C@H]2CCCN(C(=O)Cc3ccc4c(c3)OCO4)C2)CC1. The summed E-state index contributed by atoms with van der Waals surface area (Å²) in [7, 11) is 2.10. The highest BCUT2D eigenvalue weighted by molar-refractivity contribution is 5.79. The second kappa shape index (κ2) is 9.03. The number of piperidine rings is 1. The van der Waals surface area contributed by atoms with E-state index in [-0.39, 0.29) is 18.6 Å². The number of carbonyl (C=O) groups excluding carboxylic acids is 2. The minimum absolute atomic E-state index is 0.152. The van der Waals surface area contributed by atoms with E-state index in [1.165, 1.54) is 0 Å². The number of fused-ring (bicyclic) bond motifs is 1. The van der Waals surface area contributed by atoms with Crippen LogP contribution in [0.2, 0.25) is 0 Å². The minimum atomic E-state index is 0.152. The van der Waals surface area contributed by atoms with Gasteiger partial charge in [0.25, 0.3) is 0 Å². The number of ether oxygens (including phenoxy) is 2. The molecule has 3 aliphatic rings. The Balaban J connectivity index is 1.24. The lowest BCUT2D eigenvalue weighted by Crippen LogP contribution is -2.47. The van der Waals surface area contributed by atoms with Crippen LogP contribution in [-0.2, 0) is 16.0 Å². The van der Waals surface area contributed by atoms with Gasteiger partial charge in [0.1, 0.15) is 0 Å². The second-order valence-corrected chi connectivity index (χ2v) is 8.44. The fourth-order valence-corrected chi connectivity index (χ4v) is 4.41. The van der Waals surface area contributed by atoms with E-state index >= 15 is 0 Å². The topological polar surface area (TPSA) is 62.3 Å². The van der Waals surface area contributed by atoms with Gasteiger partial charge in [-0.1, -0.05) is 6.07 Å². The van der Waals surface area contributed by atoms with Gasteiger partial charge in [-0.05, 0) is 49.9 Å². The summed E-state index contributed by atoms with van der Waals surface area (Å²) in [5.41, 5.74) is 0.951. The van der Waals surface area contributed by atoms with Crippen molar-refractivity contribution in [2.45, 2.75) is 32.1 Å². The van der Waals surface area contributed by atoms with Gasteiger partial charge in [0.15, 0.2) is 11.5 Å². The largest absolute Gasteiger partial charge is 0.454 e. The molecular formula is C22H31N3O4. The molecule has 0 N–H and O–H groups in total. The van der Waals surface area contributed by atoms with E-state index in [1.807, 2.05) is 28.0 Å². The van der Waals surface area contributed by atoms with Crippen molar-refractivity contribution in [1.82, 2.24) is 14.7 Å². The molecule has 0 radical (unpaired) electrons. The normalized spacial score (nSPS) is 22.0. The first-order valence-corrected chi connectivity index (χ1v) is 10.7. The quantitative estimate of drug-likeness (QED) is 0.752. The maximum Gasteiger partial charge on any atom is 0.231 e. The van der Waals surface area contributed by atoms with Crippen molar-refractivity contribution in [3.63, 3.8) is 0 Å². The molecule has 7 heteroatoms. The number of benzene rings is 1. The Labute approximate surface area is 172 Å². The molecule has 0 unspecified atom stereocenters. The van der Waals surface area contributed by atoms with Gasteiger partial charge in [0.05, 0.1) is 6.42 Å². The minimum Gasteiger partial charge on any atom is -0.454 e. The summed E-state index contributed by atoms with van der Waals surface area (Å²) in [5, 5.41) is 0. The molecule has 0 spiro atoms. The molecule has 2 saturated heterocycles. The predicted molar refractivity (Wildman–Crippen MR) is 109 cm³/mol. The van der Waals surface area contributed by atoms with Gasteiger partial charge in [-0.25, -0.2) is 0 Å². The maximum atomic E-state index is 12.8. The highest BCUT2D eigenvalue weighted by Gasteiger charge is 2.26. The molecular weight excluding hydrogens is 370 g/mol. The first-order valence-electron chi connectivity index (χ1n) is 10.7. The highest BCUT2D eigenvalue weighted by Crippen LogP contribution is 2.33. The van der Waals surface area contributed by atoms with Crippen LogP contribution in [0.4, 0.5) is 0 Å². The summed E-state index contributed by atoms with van der Waals surface area (Å²) in [6, 6.07) is 5.70. The Bertz CT molecular complexity index is 746. The number of nitrogens with zero attached hydrogens (tertiary/aromatic N) is 3. The van der Waals surface area contributed by atoms with Crippen molar-refractivity contribution in [2.75, 3.05) is 53.1 Å². The molecule has 0 saturated carbocycles. The van der Waals surface area contributed by atoms with Crippen molar-refractivity contribution in [2.24, 2.45) is 5.92 Å². The van der Waals surface area contributed by atoms with Crippen LogP contribution in [0, 0.1) is 5.92 Å². The summed E-state index contributed by atoms with van der Waals surface area (Å²) >= 11 is 0. The summed E-state index contributed by atoms with van der Waals surface area (Å²) < 4.78 is 10.7. The molecule has 0 bridgehead atoms. The molecule has 0 aromatic heterocycles. The summed E-state index contributed by atoms with van der Waals surface area (Å²) in [6.07, 6.45) is 3.96. The fraction of sp³-hybridized carbons (Fsp3) is 0.636. The van der Waals surface area contributed by atoms with E-state index in [0.29, 0.717) is 24.5 Å². The second-order valence-electron chi connectivity index (χ2n) is 8.44. The molecule has 2 amide bonds. The average Bonchev–Trinajstić information content (AvgIpc) is 3.20. The van der Waals surface area contributed by atoms with Crippen LogP contribution in [0.25, 0.3) is 0 Å². The van der Waals surface area contributed by atoms with Crippen LogP contribution < -0.4 is 9.47 Å². The Morgan fingerprint density at radius 3 is 2.62 bits per heavy atom. The highest BCUT2D eigenvalue weighted by atomic mass is 16.7. The number of hydrogen-bond donors (Lipinski definition) is 0. The Hall–Kier alpha value is -2.28. The molecule has 0 aliphatic carbocycles. The van der Waals surface area contributed by atoms with E-state index in [2.05, 4.69) is 11.9 Å². The van der Waals surface area contributed by atoms with Crippen LogP contribution in [0.15, 0.2) is 18.2 Å². The monoisotopic (exact) mass is 401 g/mol. The first-order chi connectivity index (χ1) is 14.1. The molecule has 3 heterocycles. The van der Waals surface area contributed by atoms with E-state index in [4.69, 9.17) is 9.47 Å². The van der Waals surface area contributed by atoms with Gasteiger partial charge < -0.3 is 24.2 Å². The fourth-order valence-electron chi connectivity index (χ4n) is 4.41. The maximum absolute atomic E-state index is 12.8. The summed E-state index contributed by atoms with van der Waals surface area (Å²) in [5.74, 6) is 2.29. The average molecular weight is 402 g/mol. The number of rotatable bonds is 5. The van der Waals surface area contributed by atoms with Crippen LogP contribution in [0.3, 0.4) is 0 Å². The standard InChI is InChI=1S/C22H31N3O4/c1-23-9-11-24(12-10-23)21(26)7-5-17-3-2-8-25(15-17)22(27)14-18-4-6-19-20(13-18)29-16-28-19/h4,6,13,17H,2-3,5,7-12,14-16H2,1H3/t17-/m1/s1. The number of hydrogen-bond acceptors (Lipinski definition) is 5. The van der Waals surface area contributed by atoms with Crippen molar-refractivity contribution >= 4 is 11.8 Å². The molecule has 158 valence electrons. The van der Waals surface area contributed by atoms with Crippen molar-refractivity contribution in [3.05, 3.63) is 23.8 Å². The lowest BCUT2D eigenvalue weighted by molar-refractivity contribution is -0.133. The van der Waals surface area contributed by atoms with Gasteiger partial charge in [-0.15, -0.1) is 0 Å². The smallest absolute Gasteiger partial charge is 0.231 e. The molecule has 3 aliphatic heterocycles. The van der Waals surface area contributed by atoms with Gasteiger partial charge in [0.2, 0.25) is 18.6 Å². The zero-order valence-corrected chi connectivity index (χ0v) is 17.3. The number of likely N-dealkylation sites (N-methyl/N-ethyl adjacent to an activating group) is 1. The third kappa shape index (κ3) is 5.01. The molecule has 29 heavy (non-hydrogen) atoms. The van der Waals surface area contributed by atoms with Crippen LogP contribution >= 0.6 is 0 Å². The Morgan fingerprint density at radius 2 is 1.79 bits per heavy atom. The Morgan fingerprint density at radius 1 is 1.00 bits per heavy atom. The first kappa shape index (κ1) is 20.0. The number of amides is 2. The third-order valence-electron chi connectivity index (χ3n) is 6.29. The number of piperazine rings is 1. The van der Waals surface area contributed by atoms with E-state index in [9.17, 15) is 9.59 Å². The summed E-state index contributed by atoms with van der Waals surface area (Å²) in [4.78, 5) is 31.5. The van der Waals surface area contributed by atoms with Crippen LogP contribution in [0.5, 0.6) is 11.5 Å². The molecule has 1 aromatic carbocycles. The molecule has 1 atom stereocenters. The molecule has 7 nitrogen and oxygen atoms in total. The van der Waals surface area contributed by atoms with Gasteiger partial charge in [0, 0.05) is 45.7 Å². The van der Waals surface area contributed by atoms with Crippen LogP contribution in [0.1, 0.15) is 31.2 Å². The molecule has 4 rings (SSSR count). The zero-order valence-electron chi connectivity index (χ0n) is 17.3. The van der Waals surface area contributed by atoms with Crippen molar-refractivity contribution < 1.29 is 19.1 Å². The van der Waals surface area contributed by atoms with Crippen molar-refractivity contribution in [1.29, 1.82) is 0 Å². The Kier molecular flexibility index (Phi) is 6.23. The van der Waals surface area contributed by atoms with Gasteiger partial charge >= 0.3 is 0 Å². The van der Waals surface area contributed by atoms with E-state index in [1.54, 1.807) is 0 Å². The van der Waals surface area contributed by atoms with Gasteiger partial charge in [-0.2, -0.15) is 0 Å².